The van der Waals surface area contributed by atoms with E-state index in [2.05, 4.69) is 39.0 Å². The fraction of sp³-hybridized carbons (Fsp3) is 0.600. The molecule has 1 aliphatic carbocycles. The largest absolute Gasteiger partial charge is 0.0853 e. The summed E-state index contributed by atoms with van der Waals surface area (Å²) < 4.78 is 0. The molecule has 0 aromatic heterocycles. The second kappa shape index (κ2) is 6.66. The van der Waals surface area contributed by atoms with Gasteiger partial charge >= 0.3 is 0 Å². The lowest BCUT2D eigenvalue weighted by Crippen LogP contribution is -1.84. The van der Waals surface area contributed by atoms with Crippen molar-refractivity contribution in [2.24, 2.45) is 0 Å². The zero-order chi connectivity index (χ0) is 11.1. The summed E-state index contributed by atoms with van der Waals surface area (Å²) >= 11 is 0. The first-order valence-electron chi connectivity index (χ1n) is 6.18. The zero-order valence-corrected chi connectivity index (χ0v) is 10.5. The molecule has 0 unspecified atom stereocenters. The van der Waals surface area contributed by atoms with Gasteiger partial charge in [-0.15, -0.1) is 0 Å². The third-order valence-electron chi connectivity index (χ3n) is 3.00. The number of allylic oxidation sites excluding steroid dienone is 6. The van der Waals surface area contributed by atoms with Crippen molar-refractivity contribution in [3.05, 3.63) is 34.9 Å². The Kier molecular flexibility index (Phi) is 5.45. The molecular weight excluding hydrogens is 180 g/mol. The van der Waals surface area contributed by atoms with Gasteiger partial charge in [0.1, 0.15) is 0 Å². The fourth-order valence-corrected chi connectivity index (χ4v) is 2.05. The molecular formula is C15H24. The van der Waals surface area contributed by atoms with Crippen LogP contribution in [0.2, 0.25) is 0 Å². The summed E-state index contributed by atoms with van der Waals surface area (Å²) in [4.78, 5) is 0. The Morgan fingerprint density at radius 2 is 1.60 bits per heavy atom. The van der Waals surface area contributed by atoms with Crippen LogP contribution in [0.1, 0.15) is 59.3 Å². The van der Waals surface area contributed by atoms with E-state index in [1.165, 1.54) is 49.7 Å². The van der Waals surface area contributed by atoms with Crippen LogP contribution in [-0.4, -0.2) is 0 Å². The number of hydrogen-bond acceptors (Lipinski definition) is 0. The smallest absolute Gasteiger partial charge is 0.0285 e. The third-order valence-corrected chi connectivity index (χ3v) is 3.00. The summed E-state index contributed by atoms with van der Waals surface area (Å²) in [5.41, 5.74) is 4.52. The highest BCUT2D eigenvalue weighted by molar-refractivity contribution is 5.21. The van der Waals surface area contributed by atoms with E-state index in [1.54, 1.807) is 5.57 Å². The Morgan fingerprint density at radius 3 is 2.40 bits per heavy atom. The first kappa shape index (κ1) is 12.3. The van der Waals surface area contributed by atoms with Gasteiger partial charge in [-0.1, -0.05) is 34.9 Å². The van der Waals surface area contributed by atoms with Gasteiger partial charge in [0.25, 0.3) is 0 Å². The minimum absolute atomic E-state index is 1.21. The summed E-state index contributed by atoms with van der Waals surface area (Å²) in [5, 5.41) is 0. The topological polar surface area (TPSA) is 0 Å². The highest BCUT2D eigenvalue weighted by atomic mass is 14.0. The molecule has 0 aromatic carbocycles. The van der Waals surface area contributed by atoms with Crippen molar-refractivity contribution in [2.45, 2.75) is 59.3 Å². The molecule has 0 amide bonds. The molecule has 0 heteroatoms. The molecule has 84 valence electrons. The highest BCUT2D eigenvalue weighted by Gasteiger charge is 1.95. The molecule has 0 radical (unpaired) electrons. The van der Waals surface area contributed by atoms with Crippen LogP contribution in [0.4, 0.5) is 0 Å². The van der Waals surface area contributed by atoms with Crippen molar-refractivity contribution in [3.8, 4) is 0 Å². The molecule has 0 heterocycles. The van der Waals surface area contributed by atoms with Crippen LogP contribution in [-0.2, 0) is 0 Å². The summed E-state index contributed by atoms with van der Waals surface area (Å²) in [5.74, 6) is 0. The Balaban J connectivity index is 2.64. The van der Waals surface area contributed by atoms with E-state index in [0.717, 1.165) is 0 Å². The van der Waals surface area contributed by atoms with Gasteiger partial charge < -0.3 is 0 Å². The summed E-state index contributed by atoms with van der Waals surface area (Å²) in [6.45, 7) is 6.73. The predicted molar refractivity (Wildman–Crippen MR) is 69.0 cm³/mol. The summed E-state index contributed by atoms with van der Waals surface area (Å²) in [6.07, 6.45) is 14.7. The molecule has 0 atom stereocenters. The second-order valence-corrected chi connectivity index (χ2v) is 4.77. The van der Waals surface area contributed by atoms with Gasteiger partial charge in [-0.2, -0.15) is 0 Å². The van der Waals surface area contributed by atoms with Crippen LogP contribution < -0.4 is 0 Å². The van der Waals surface area contributed by atoms with E-state index in [-0.39, 0.29) is 0 Å². The predicted octanol–water partition coefficient (Wildman–Crippen LogP) is 5.18. The molecule has 1 aliphatic rings. The van der Waals surface area contributed by atoms with Crippen LogP contribution in [0.25, 0.3) is 0 Å². The Morgan fingerprint density at radius 1 is 0.800 bits per heavy atom. The van der Waals surface area contributed by atoms with E-state index in [9.17, 15) is 0 Å². The minimum atomic E-state index is 1.21. The van der Waals surface area contributed by atoms with Gasteiger partial charge in [-0.05, 0) is 59.3 Å². The van der Waals surface area contributed by atoms with Crippen molar-refractivity contribution in [1.29, 1.82) is 0 Å². The maximum absolute atomic E-state index is 2.41. The van der Waals surface area contributed by atoms with Crippen LogP contribution in [0.5, 0.6) is 0 Å². The minimum Gasteiger partial charge on any atom is -0.0853 e. The lowest BCUT2D eigenvalue weighted by molar-refractivity contribution is 0.736. The maximum atomic E-state index is 2.41. The lowest BCUT2D eigenvalue weighted by atomic mass is 10.0. The molecule has 0 aromatic rings. The Hall–Kier alpha value is -0.780. The van der Waals surface area contributed by atoms with Crippen molar-refractivity contribution >= 4 is 0 Å². The summed E-state index contributed by atoms with van der Waals surface area (Å²) in [6, 6.07) is 0. The van der Waals surface area contributed by atoms with Gasteiger partial charge in [-0.3, -0.25) is 0 Å². The van der Waals surface area contributed by atoms with E-state index in [4.69, 9.17) is 0 Å². The first-order chi connectivity index (χ1) is 7.18. The van der Waals surface area contributed by atoms with E-state index in [1.807, 2.05) is 0 Å². The molecule has 0 bridgehead atoms. The van der Waals surface area contributed by atoms with Crippen LogP contribution >= 0.6 is 0 Å². The van der Waals surface area contributed by atoms with E-state index < -0.39 is 0 Å². The Bertz CT molecular complexity index is 276. The molecule has 0 fully saturated rings. The molecule has 0 nitrogen and oxygen atoms in total. The quantitative estimate of drug-likeness (QED) is 0.477. The van der Waals surface area contributed by atoms with E-state index in [0.29, 0.717) is 0 Å². The molecule has 0 saturated carbocycles. The SMILES string of the molecule is CC1=C/CCCC/C(C)=C\CC/C(C)=C\1. The van der Waals surface area contributed by atoms with Gasteiger partial charge in [0.2, 0.25) is 0 Å². The van der Waals surface area contributed by atoms with Gasteiger partial charge in [0.15, 0.2) is 0 Å². The van der Waals surface area contributed by atoms with Crippen LogP contribution in [0.15, 0.2) is 34.9 Å². The molecule has 0 saturated heterocycles. The number of hydrogen-bond donors (Lipinski definition) is 0. The first-order valence-corrected chi connectivity index (χ1v) is 6.18. The lowest BCUT2D eigenvalue weighted by Gasteiger charge is -2.05. The van der Waals surface area contributed by atoms with Crippen molar-refractivity contribution in [2.75, 3.05) is 0 Å². The highest BCUT2D eigenvalue weighted by Crippen LogP contribution is 2.15. The van der Waals surface area contributed by atoms with Gasteiger partial charge in [-0.25, -0.2) is 0 Å². The van der Waals surface area contributed by atoms with Crippen molar-refractivity contribution in [1.82, 2.24) is 0 Å². The molecule has 0 spiro atoms. The normalized spacial score (nSPS) is 31.0. The number of rotatable bonds is 0. The molecule has 15 heavy (non-hydrogen) atoms. The fourth-order valence-electron chi connectivity index (χ4n) is 2.05. The molecule has 0 N–H and O–H groups in total. The second-order valence-electron chi connectivity index (χ2n) is 4.77. The molecule has 1 rings (SSSR count). The third kappa shape index (κ3) is 5.61. The van der Waals surface area contributed by atoms with Crippen molar-refractivity contribution < 1.29 is 0 Å². The zero-order valence-electron chi connectivity index (χ0n) is 10.5. The monoisotopic (exact) mass is 204 g/mol. The average molecular weight is 204 g/mol. The molecule has 0 aliphatic heterocycles. The maximum Gasteiger partial charge on any atom is -0.0285 e. The average Bonchev–Trinajstić information content (AvgIpc) is 2.15. The van der Waals surface area contributed by atoms with Gasteiger partial charge in [0, 0.05) is 0 Å². The van der Waals surface area contributed by atoms with Crippen molar-refractivity contribution in [3.63, 3.8) is 0 Å². The summed E-state index contributed by atoms with van der Waals surface area (Å²) in [7, 11) is 0. The van der Waals surface area contributed by atoms with E-state index >= 15 is 0 Å². The van der Waals surface area contributed by atoms with Gasteiger partial charge in [0.05, 0.1) is 0 Å². The van der Waals surface area contributed by atoms with Crippen LogP contribution in [0, 0.1) is 0 Å². The Labute approximate surface area is 94.8 Å². The van der Waals surface area contributed by atoms with Crippen LogP contribution in [0.3, 0.4) is 0 Å². The standard InChI is InChI=1S/C15H24/c1-13-8-5-4-6-9-14(2)12-15(3)11-7-10-13/h9-10,12H,4-8,11H2,1-3H3/b13-10-,14-9-,15-12-.